The fourth-order valence-corrected chi connectivity index (χ4v) is 1.61. The summed E-state index contributed by atoms with van der Waals surface area (Å²) in [6, 6.07) is 3.21. The molecular formula is C14H18O4. The molecule has 0 atom stereocenters. The summed E-state index contributed by atoms with van der Waals surface area (Å²) >= 11 is 0. The molecule has 98 valence electrons. The summed E-state index contributed by atoms with van der Waals surface area (Å²) in [7, 11) is 3.00. The van der Waals surface area contributed by atoms with Crippen molar-refractivity contribution in [1.82, 2.24) is 0 Å². The maximum absolute atomic E-state index is 11.1. The Hall–Kier alpha value is -1.97. The molecule has 0 amide bonds. The fourth-order valence-electron chi connectivity index (χ4n) is 1.61. The van der Waals surface area contributed by atoms with Crippen LogP contribution in [0.5, 0.6) is 11.5 Å². The van der Waals surface area contributed by atoms with E-state index in [1.165, 1.54) is 12.7 Å². The van der Waals surface area contributed by atoms with Crippen LogP contribution in [0.15, 0.2) is 23.8 Å². The van der Waals surface area contributed by atoms with Gasteiger partial charge in [0, 0.05) is 6.07 Å². The van der Waals surface area contributed by atoms with Gasteiger partial charge < -0.3 is 14.6 Å². The van der Waals surface area contributed by atoms with Crippen molar-refractivity contribution in [2.75, 3.05) is 14.2 Å². The second-order valence-corrected chi connectivity index (χ2v) is 4.16. The topological polar surface area (TPSA) is 55.8 Å². The van der Waals surface area contributed by atoms with Gasteiger partial charge >= 0.3 is 5.97 Å². The molecule has 0 fully saturated rings. The lowest BCUT2D eigenvalue weighted by Gasteiger charge is -2.12. The number of methoxy groups -OCH3 is 2. The van der Waals surface area contributed by atoms with Gasteiger partial charge in [0.05, 0.1) is 14.2 Å². The lowest BCUT2D eigenvalue weighted by Crippen LogP contribution is -2.03. The summed E-state index contributed by atoms with van der Waals surface area (Å²) in [5, 5.41) is 9.13. The lowest BCUT2D eigenvalue weighted by molar-refractivity contribution is 0.0693. The Morgan fingerprint density at radius 2 is 1.83 bits per heavy atom. The minimum atomic E-state index is -1.01. The highest BCUT2D eigenvalue weighted by atomic mass is 16.5. The number of benzene rings is 1. The predicted molar refractivity (Wildman–Crippen MR) is 69.6 cm³/mol. The van der Waals surface area contributed by atoms with Gasteiger partial charge in [0.25, 0.3) is 0 Å². The largest absolute Gasteiger partial charge is 0.496 e. The summed E-state index contributed by atoms with van der Waals surface area (Å²) in [4.78, 5) is 11.1. The van der Waals surface area contributed by atoms with Crippen LogP contribution in [-0.2, 0) is 6.42 Å². The molecule has 4 nitrogen and oxygen atoms in total. The SMILES string of the molecule is COc1cc(OC)c(C(=O)O)cc1CC=C(C)C. The molecule has 1 rings (SSSR count). The average molecular weight is 250 g/mol. The number of hydrogen-bond acceptors (Lipinski definition) is 3. The van der Waals surface area contributed by atoms with Gasteiger partial charge in [0.15, 0.2) is 0 Å². The Balaban J connectivity index is 3.27. The minimum Gasteiger partial charge on any atom is -0.496 e. The number of rotatable bonds is 5. The molecule has 1 aromatic carbocycles. The summed E-state index contributed by atoms with van der Waals surface area (Å²) < 4.78 is 10.3. The van der Waals surface area contributed by atoms with Gasteiger partial charge in [-0.1, -0.05) is 11.6 Å². The van der Waals surface area contributed by atoms with Crippen LogP contribution in [-0.4, -0.2) is 25.3 Å². The van der Waals surface area contributed by atoms with Crippen LogP contribution in [0.4, 0.5) is 0 Å². The van der Waals surface area contributed by atoms with Gasteiger partial charge in [0.1, 0.15) is 17.1 Å². The highest BCUT2D eigenvalue weighted by Gasteiger charge is 2.15. The zero-order valence-electron chi connectivity index (χ0n) is 11.1. The minimum absolute atomic E-state index is 0.149. The summed E-state index contributed by atoms with van der Waals surface area (Å²) in [6.07, 6.45) is 2.66. The summed E-state index contributed by atoms with van der Waals surface area (Å²) in [5.74, 6) is -0.0670. The van der Waals surface area contributed by atoms with Crippen molar-refractivity contribution in [1.29, 1.82) is 0 Å². The van der Waals surface area contributed by atoms with Crippen LogP contribution in [0.2, 0.25) is 0 Å². The Morgan fingerprint density at radius 3 is 2.28 bits per heavy atom. The van der Waals surface area contributed by atoms with Gasteiger partial charge in [-0.15, -0.1) is 0 Å². The van der Waals surface area contributed by atoms with Crippen molar-refractivity contribution < 1.29 is 19.4 Å². The Labute approximate surface area is 107 Å². The van der Waals surface area contributed by atoms with Crippen molar-refractivity contribution in [3.05, 3.63) is 34.9 Å². The smallest absolute Gasteiger partial charge is 0.339 e. The molecule has 0 unspecified atom stereocenters. The second kappa shape index (κ2) is 6.10. The van der Waals surface area contributed by atoms with E-state index in [1.54, 1.807) is 19.2 Å². The van der Waals surface area contributed by atoms with Crippen LogP contribution in [0.3, 0.4) is 0 Å². The molecule has 4 heteroatoms. The third-order valence-electron chi connectivity index (χ3n) is 2.56. The average Bonchev–Trinajstić information content (AvgIpc) is 2.34. The van der Waals surface area contributed by atoms with Crippen LogP contribution in [0, 0.1) is 0 Å². The number of allylic oxidation sites excluding steroid dienone is 2. The molecule has 0 spiro atoms. The molecule has 0 saturated carbocycles. The zero-order chi connectivity index (χ0) is 13.7. The second-order valence-electron chi connectivity index (χ2n) is 4.16. The quantitative estimate of drug-likeness (QED) is 0.816. The normalized spacial score (nSPS) is 9.78. The zero-order valence-corrected chi connectivity index (χ0v) is 11.1. The van der Waals surface area contributed by atoms with Crippen molar-refractivity contribution in [2.24, 2.45) is 0 Å². The van der Waals surface area contributed by atoms with E-state index in [0.29, 0.717) is 17.9 Å². The van der Waals surface area contributed by atoms with E-state index in [1.807, 2.05) is 19.9 Å². The lowest BCUT2D eigenvalue weighted by atomic mass is 10.0. The monoisotopic (exact) mass is 250 g/mol. The highest BCUT2D eigenvalue weighted by Crippen LogP contribution is 2.29. The van der Waals surface area contributed by atoms with E-state index in [2.05, 4.69) is 0 Å². The van der Waals surface area contributed by atoms with Gasteiger partial charge in [-0.3, -0.25) is 0 Å². The van der Waals surface area contributed by atoms with Crippen LogP contribution in [0.25, 0.3) is 0 Å². The molecule has 0 aliphatic heterocycles. The number of carbonyl (C=O) groups is 1. The summed E-state index contributed by atoms with van der Waals surface area (Å²) in [6.45, 7) is 3.99. The molecule has 0 radical (unpaired) electrons. The molecule has 0 saturated heterocycles. The number of hydrogen-bond donors (Lipinski definition) is 1. The maximum atomic E-state index is 11.1. The molecule has 0 aliphatic rings. The number of ether oxygens (including phenoxy) is 2. The number of aromatic carboxylic acids is 1. The van der Waals surface area contributed by atoms with Crippen molar-refractivity contribution in [3.63, 3.8) is 0 Å². The van der Waals surface area contributed by atoms with Crippen molar-refractivity contribution >= 4 is 5.97 Å². The summed E-state index contributed by atoms with van der Waals surface area (Å²) in [5.41, 5.74) is 2.15. The standard InChI is InChI=1S/C14H18O4/c1-9(2)5-6-10-7-11(14(15)16)13(18-4)8-12(10)17-3/h5,7-8H,6H2,1-4H3,(H,15,16). The molecule has 0 aromatic heterocycles. The van der Waals surface area contributed by atoms with Gasteiger partial charge in [-0.2, -0.15) is 0 Å². The van der Waals surface area contributed by atoms with Crippen LogP contribution < -0.4 is 9.47 Å². The number of carboxylic acids is 1. The molecular weight excluding hydrogens is 232 g/mol. The molecule has 0 aliphatic carbocycles. The van der Waals surface area contributed by atoms with E-state index >= 15 is 0 Å². The molecule has 0 bridgehead atoms. The number of carboxylic acid groups (broad SMARTS) is 1. The van der Waals surface area contributed by atoms with E-state index in [-0.39, 0.29) is 5.56 Å². The van der Waals surface area contributed by atoms with Gasteiger partial charge in [0.2, 0.25) is 0 Å². The predicted octanol–water partition coefficient (Wildman–Crippen LogP) is 2.91. The molecule has 1 N–H and O–H groups in total. The van der Waals surface area contributed by atoms with E-state index < -0.39 is 5.97 Å². The Morgan fingerprint density at radius 1 is 1.22 bits per heavy atom. The Bertz CT molecular complexity index is 471. The highest BCUT2D eigenvalue weighted by molar-refractivity contribution is 5.91. The molecule has 1 aromatic rings. The van der Waals surface area contributed by atoms with Crippen LogP contribution >= 0.6 is 0 Å². The van der Waals surface area contributed by atoms with E-state index in [0.717, 1.165) is 5.56 Å². The molecule has 18 heavy (non-hydrogen) atoms. The first-order valence-electron chi connectivity index (χ1n) is 5.61. The maximum Gasteiger partial charge on any atom is 0.339 e. The first kappa shape index (κ1) is 14.1. The fraction of sp³-hybridized carbons (Fsp3) is 0.357. The first-order chi connectivity index (χ1) is 8.49. The van der Waals surface area contributed by atoms with Gasteiger partial charge in [-0.05, 0) is 31.9 Å². The van der Waals surface area contributed by atoms with Crippen molar-refractivity contribution in [3.8, 4) is 11.5 Å². The third-order valence-corrected chi connectivity index (χ3v) is 2.56. The first-order valence-corrected chi connectivity index (χ1v) is 5.61. The van der Waals surface area contributed by atoms with E-state index in [9.17, 15) is 4.79 Å². The van der Waals surface area contributed by atoms with Crippen molar-refractivity contribution in [2.45, 2.75) is 20.3 Å². The third kappa shape index (κ3) is 3.26. The Kier molecular flexibility index (Phi) is 4.77. The van der Waals surface area contributed by atoms with Crippen LogP contribution in [0.1, 0.15) is 29.8 Å². The van der Waals surface area contributed by atoms with Gasteiger partial charge in [-0.25, -0.2) is 4.79 Å². The molecule has 0 heterocycles. The van der Waals surface area contributed by atoms with E-state index in [4.69, 9.17) is 14.6 Å².